The number of halogens is 25. The summed E-state index contributed by atoms with van der Waals surface area (Å²) in [4.78, 5) is 0. The second kappa shape index (κ2) is 7.91. The molecule has 0 aromatic carbocycles. The predicted octanol–water partition coefficient (Wildman–Crippen LogP) is 8.44. The largest absolute Gasteiger partial charge is 0.450 e. The molecule has 0 aliphatic rings. The number of rotatable bonds is 11. The molecular weight excluding hydrogens is 707 g/mol. The third-order valence-corrected chi connectivity index (χ3v) is 6.43. The first-order chi connectivity index (χ1) is 16.2. The fourth-order valence-electron chi connectivity index (χ4n) is 1.95. The Morgan fingerprint density at radius 3 is 0.725 bits per heavy atom. The first kappa shape index (κ1) is 38.5. The van der Waals surface area contributed by atoms with Gasteiger partial charge in [0.15, 0.2) is 0 Å². The molecule has 0 aromatic rings. The minimum atomic E-state index is -13.7. The molecule has 0 spiro atoms. The number of alkyl halides is 20. The van der Waals surface area contributed by atoms with Crippen molar-refractivity contribution in [2.24, 2.45) is 0 Å². The Labute approximate surface area is 199 Å². The second-order valence-electron chi connectivity index (χ2n) is 7.07. The standard InChI is InChI=1S/C10HF25O3S2/c11-1(12,3(15,16)5(19,20)7(23,24)9(27,28)39(36,37)38)2(13,14)4(17,18)6(21,22)8(25,26)10(29,30)40(31,32,33,34)35/h(H,36,37,38). The summed E-state index contributed by atoms with van der Waals surface area (Å²) in [5.41, 5.74) is 0. The molecule has 40 heavy (non-hydrogen) atoms. The highest BCUT2D eigenvalue weighted by Crippen LogP contribution is 3.06. The van der Waals surface area contributed by atoms with Crippen LogP contribution >= 0.6 is 10.2 Å². The highest BCUT2D eigenvalue weighted by molar-refractivity contribution is 8.46. The van der Waals surface area contributed by atoms with Gasteiger partial charge in [0.1, 0.15) is 0 Å². The molecule has 30 heteroatoms. The molecule has 0 saturated carbocycles. The summed E-state index contributed by atoms with van der Waals surface area (Å²) >= 11 is 0. The topological polar surface area (TPSA) is 54.4 Å². The molecule has 3 nitrogen and oxygen atoms in total. The maximum atomic E-state index is 13.4. The first-order valence-corrected chi connectivity index (χ1v) is 11.1. The van der Waals surface area contributed by atoms with E-state index < -0.39 is 78.2 Å². The molecule has 0 fully saturated rings. The van der Waals surface area contributed by atoms with Gasteiger partial charge in [0.25, 0.3) is 0 Å². The average Bonchev–Trinajstić information content (AvgIpc) is 2.63. The summed E-state index contributed by atoms with van der Waals surface area (Å²) in [6, 6.07) is 0. The van der Waals surface area contributed by atoms with Crippen LogP contribution in [0.3, 0.4) is 0 Å². The molecule has 0 aromatic heterocycles. The van der Waals surface area contributed by atoms with Crippen LogP contribution in [0.2, 0.25) is 0 Å². The summed E-state index contributed by atoms with van der Waals surface area (Å²) < 4.78 is 351. The Hall–Kier alpha value is -1.49. The zero-order chi connectivity index (χ0) is 33.9. The van der Waals surface area contributed by atoms with Crippen molar-refractivity contribution in [2.75, 3.05) is 0 Å². The van der Waals surface area contributed by atoms with Gasteiger partial charge in [0.05, 0.1) is 0 Å². The average molecular weight is 708 g/mol. The Morgan fingerprint density at radius 1 is 0.375 bits per heavy atom. The van der Waals surface area contributed by atoms with E-state index in [1.54, 1.807) is 0 Å². The highest BCUT2D eigenvalue weighted by Gasteiger charge is 3.02. The highest BCUT2D eigenvalue weighted by atomic mass is 32.5. The van der Waals surface area contributed by atoms with E-state index in [2.05, 4.69) is 0 Å². The van der Waals surface area contributed by atoms with Gasteiger partial charge in [-0.25, -0.2) is 0 Å². The third kappa shape index (κ3) is 4.30. The van der Waals surface area contributed by atoms with Crippen LogP contribution in [0, 0.1) is 0 Å². The normalized spacial score (nSPS) is 18.9. The fourth-order valence-corrected chi connectivity index (χ4v) is 3.02. The van der Waals surface area contributed by atoms with Crippen LogP contribution in [0.5, 0.6) is 0 Å². The Morgan fingerprint density at radius 2 is 0.550 bits per heavy atom. The molecule has 0 saturated heterocycles. The van der Waals surface area contributed by atoms with E-state index in [1.807, 2.05) is 0 Å². The SMILES string of the molecule is O=S(=O)(O)C(F)(F)C(F)(F)C(F)(F)C(F)(F)C(F)(F)C(F)(F)C(F)(F)C(F)(F)C(F)(F)C(F)(F)S(F)(F)(F)(F)F. The van der Waals surface area contributed by atoms with E-state index in [4.69, 9.17) is 4.55 Å². The predicted molar refractivity (Wildman–Crippen MR) is 74.1 cm³/mol. The van der Waals surface area contributed by atoms with Crippen LogP contribution in [-0.4, -0.2) is 70.9 Å². The van der Waals surface area contributed by atoms with Gasteiger partial charge < -0.3 is 0 Å². The monoisotopic (exact) mass is 708 g/mol. The summed E-state index contributed by atoms with van der Waals surface area (Å²) in [6.07, 6.45) is 0. The Balaban J connectivity index is 7.51. The van der Waals surface area contributed by atoms with Gasteiger partial charge in [-0.1, -0.05) is 19.4 Å². The maximum absolute atomic E-state index is 13.7. The summed E-state index contributed by atoms with van der Waals surface area (Å²) in [5, 5.41) is -18.2. The minimum absolute atomic E-state index is 7.69. The molecule has 0 heterocycles. The van der Waals surface area contributed by atoms with Gasteiger partial charge in [-0.15, -0.1) is 0 Å². The first-order valence-electron chi connectivity index (χ1n) is 7.73. The molecule has 246 valence electrons. The van der Waals surface area contributed by atoms with Crippen molar-refractivity contribution in [3.63, 3.8) is 0 Å². The van der Waals surface area contributed by atoms with E-state index in [1.165, 1.54) is 0 Å². The van der Waals surface area contributed by atoms with Gasteiger partial charge in [-0.05, 0) is 0 Å². The molecule has 0 atom stereocenters. The van der Waals surface area contributed by atoms with Crippen molar-refractivity contribution in [3.05, 3.63) is 0 Å². The van der Waals surface area contributed by atoms with Gasteiger partial charge in [0.2, 0.25) is 0 Å². The lowest BCUT2D eigenvalue weighted by Crippen LogP contribution is -2.77. The fraction of sp³-hybridized carbons (Fsp3) is 1.00. The van der Waals surface area contributed by atoms with Crippen LogP contribution in [0.15, 0.2) is 0 Å². The van der Waals surface area contributed by atoms with Crippen LogP contribution in [0.4, 0.5) is 107 Å². The van der Waals surface area contributed by atoms with Crippen molar-refractivity contribution in [1.82, 2.24) is 0 Å². The molecule has 0 aliphatic heterocycles. The van der Waals surface area contributed by atoms with Gasteiger partial charge in [-0.3, -0.25) is 4.55 Å². The van der Waals surface area contributed by atoms with E-state index in [0.29, 0.717) is 0 Å². The summed E-state index contributed by atoms with van der Waals surface area (Å²) in [5.74, 6) is -77.0. The van der Waals surface area contributed by atoms with Crippen LogP contribution < -0.4 is 0 Å². The van der Waals surface area contributed by atoms with Crippen molar-refractivity contribution in [1.29, 1.82) is 0 Å². The molecule has 1 N–H and O–H groups in total. The lowest BCUT2D eigenvalue weighted by Gasteiger charge is -2.51. The van der Waals surface area contributed by atoms with Crippen molar-refractivity contribution in [2.45, 2.75) is 57.9 Å². The van der Waals surface area contributed by atoms with Crippen molar-refractivity contribution >= 4 is 20.3 Å². The molecule has 0 amide bonds. The molecule has 0 rings (SSSR count). The second-order valence-corrected chi connectivity index (χ2v) is 11.0. The molecule has 0 unspecified atom stereocenters. The van der Waals surface area contributed by atoms with Crippen LogP contribution in [0.1, 0.15) is 0 Å². The van der Waals surface area contributed by atoms with E-state index in [-0.39, 0.29) is 0 Å². The van der Waals surface area contributed by atoms with E-state index in [0.717, 1.165) is 0 Å². The zero-order valence-electron chi connectivity index (χ0n) is 16.5. The van der Waals surface area contributed by atoms with Crippen molar-refractivity contribution in [3.8, 4) is 0 Å². The van der Waals surface area contributed by atoms with Crippen LogP contribution in [-0.2, 0) is 10.1 Å². The summed E-state index contributed by atoms with van der Waals surface area (Å²) in [6.45, 7) is 0. The number of hydrogen-bond donors (Lipinski definition) is 1. The van der Waals surface area contributed by atoms with Gasteiger partial charge in [-0.2, -0.15) is 96.2 Å². The quantitative estimate of drug-likeness (QED) is 0.173. The lowest BCUT2D eigenvalue weighted by atomic mass is 9.87. The minimum Gasteiger partial charge on any atom is -0.281 e. The van der Waals surface area contributed by atoms with Gasteiger partial charge in [0, 0.05) is 0 Å². The van der Waals surface area contributed by atoms with E-state index in [9.17, 15) is 116 Å². The number of hydrogen-bond acceptors (Lipinski definition) is 2. The molecule has 0 radical (unpaired) electrons. The Kier molecular flexibility index (Phi) is 7.61. The molecule has 0 bridgehead atoms. The lowest BCUT2D eigenvalue weighted by molar-refractivity contribution is -0.464. The zero-order valence-corrected chi connectivity index (χ0v) is 18.2. The molecule has 0 aliphatic carbocycles. The molecular formula is C10HF25O3S2. The van der Waals surface area contributed by atoms with Crippen LogP contribution in [0.25, 0.3) is 0 Å². The van der Waals surface area contributed by atoms with E-state index >= 15 is 0 Å². The van der Waals surface area contributed by atoms with Gasteiger partial charge >= 0.3 is 78.2 Å². The third-order valence-electron chi connectivity index (χ3n) is 4.30. The summed E-state index contributed by atoms with van der Waals surface area (Å²) in [7, 11) is -22.0. The maximum Gasteiger partial charge on any atom is 0.450 e. The Bertz CT molecular complexity index is 1110. The smallest absolute Gasteiger partial charge is 0.281 e. The van der Waals surface area contributed by atoms with Crippen molar-refractivity contribution < 1.29 is 120 Å².